The first kappa shape index (κ1) is 14.7. The number of nitrogens with zero attached hydrogens (tertiary/aromatic N) is 1. The molecule has 0 saturated carbocycles. The van der Waals surface area contributed by atoms with Gasteiger partial charge in [-0.3, -0.25) is 4.98 Å². The van der Waals surface area contributed by atoms with Crippen molar-refractivity contribution in [2.45, 2.75) is 33.2 Å². The van der Waals surface area contributed by atoms with E-state index in [1.165, 1.54) is 0 Å². The summed E-state index contributed by atoms with van der Waals surface area (Å²) in [6.45, 7) is 6.77. The van der Waals surface area contributed by atoms with Crippen LogP contribution in [0.3, 0.4) is 0 Å². The van der Waals surface area contributed by atoms with Gasteiger partial charge < -0.3 is 5.32 Å². The maximum Gasteiger partial charge on any atom is 0.128 e. The van der Waals surface area contributed by atoms with Crippen LogP contribution in [0.1, 0.15) is 35.3 Å². The van der Waals surface area contributed by atoms with E-state index < -0.39 is 0 Å². The first-order valence-corrected chi connectivity index (χ1v) is 7.01. The molecule has 106 valence electrons. The van der Waals surface area contributed by atoms with Crippen molar-refractivity contribution >= 4 is 0 Å². The summed E-state index contributed by atoms with van der Waals surface area (Å²) in [5.74, 6) is -0.149. The largest absolute Gasteiger partial charge is 0.310 e. The van der Waals surface area contributed by atoms with Crippen LogP contribution in [0.25, 0.3) is 0 Å². The Kier molecular flexibility index (Phi) is 4.85. The molecule has 0 aliphatic rings. The van der Waals surface area contributed by atoms with Crippen molar-refractivity contribution in [2.75, 3.05) is 6.54 Å². The third-order valence-electron chi connectivity index (χ3n) is 3.50. The van der Waals surface area contributed by atoms with E-state index in [0.29, 0.717) is 12.0 Å². The molecule has 0 fully saturated rings. The Morgan fingerprint density at radius 3 is 2.70 bits per heavy atom. The summed E-state index contributed by atoms with van der Waals surface area (Å²) in [5, 5.41) is 3.35. The molecule has 0 radical (unpaired) electrons. The minimum atomic E-state index is -0.149. The molecule has 1 N–H and O–H groups in total. The molecule has 0 aliphatic carbocycles. The summed E-state index contributed by atoms with van der Waals surface area (Å²) in [6.07, 6.45) is 2.48. The first-order valence-electron chi connectivity index (χ1n) is 7.01. The van der Waals surface area contributed by atoms with Crippen molar-refractivity contribution in [1.82, 2.24) is 10.3 Å². The molecule has 1 aromatic heterocycles. The lowest BCUT2D eigenvalue weighted by molar-refractivity contribution is 0.505. The number of rotatable bonds is 5. The number of benzene rings is 1. The van der Waals surface area contributed by atoms with E-state index in [4.69, 9.17) is 0 Å². The zero-order valence-electron chi connectivity index (χ0n) is 12.3. The van der Waals surface area contributed by atoms with Gasteiger partial charge in [0.2, 0.25) is 0 Å². The average Bonchev–Trinajstić information content (AvgIpc) is 2.41. The molecule has 2 aromatic rings. The lowest BCUT2D eigenvalue weighted by atomic mass is 9.98. The van der Waals surface area contributed by atoms with Crippen LogP contribution in [0.2, 0.25) is 0 Å². The minimum absolute atomic E-state index is 0.0470. The van der Waals surface area contributed by atoms with Crippen molar-refractivity contribution in [2.24, 2.45) is 0 Å². The highest BCUT2D eigenvalue weighted by molar-refractivity contribution is 5.28. The molecule has 0 spiro atoms. The van der Waals surface area contributed by atoms with Crippen molar-refractivity contribution in [3.8, 4) is 0 Å². The lowest BCUT2D eigenvalue weighted by Gasteiger charge is -2.20. The summed E-state index contributed by atoms with van der Waals surface area (Å²) in [7, 11) is 0. The summed E-state index contributed by atoms with van der Waals surface area (Å²) in [4.78, 5) is 4.41. The highest BCUT2D eigenvalue weighted by atomic mass is 19.1. The van der Waals surface area contributed by atoms with Crippen molar-refractivity contribution < 1.29 is 4.39 Å². The first-order chi connectivity index (χ1) is 9.61. The Hall–Kier alpha value is -1.74. The number of likely N-dealkylation sites (N-methyl/N-ethyl adjacent to an activating group) is 1. The van der Waals surface area contributed by atoms with Crippen LogP contribution in [0.4, 0.5) is 4.39 Å². The monoisotopic (exact) mass is 272 g/mol. The highest BCUT2D eigenvalue weighted by Crippen LogP contribution is 2.22. The van der Waals surface area contributed by atoms with Gasteiger partial charge in [0, 0.05) is 29.9 Å². The maximum absolute atomic E-state index is 14.2. The van der Waals surface area contributed by atoms with E-state index in [1.807, 2.05) is 45.0 Å². The number of hydrogen-bond donors (Lipinski definition) is 1. The van der Waals surface area contributed by atoms with Crippen LogP contribution in [0.15, 0.2) is 36.5 Å². The Morgan fingerprint density at radius 2 is 2.05 bits per heavy atom. The van der Waals surface area contributed by atoms with Gasteiger partial charge in [-0.1, -0.05) is 25.1 Å². The Morgan fingerprint density at radius 1 is 1.25 bits per heavy atom. The Labute approximate surface area is 120 Å². The summed E-state index contributed by atoms with van der Waals surface area (Å²) < 4.78 is 14.2. The van der Waals surface area contributed by atoms with E-state index in [2.05, 4.69) is 10.3 Å². The van der Waals surface area contributed by atoms with Crippen LogP contribution in [0.5, 0.6) is 0 Å². The Bertz CT molecular complexity index is 581. The average molecular weight is 272 g/mol. The minimum Gasteiger partial charge on any atom is -0.310 e. The molecule has 1 atom stereocenters. The van der Waals surface area contributed by atoms with E-state index in [9.17, 15) is 4.39 Å². The molecule has 20 heavy (non-hydrogen) atoms. The number of nitrogens with one attached hydrogen (secondary N) is 1. The van der Waals surface area contributed by atoms with Gasteiger partial charge >= 0.3 is 0 Å². The van der Waals surface area contributed by atoms with Crippen molar-refractivity contribution in [1.29, 1.82) is 0 Å². The van der Waals surface area contributed by atoms with Gasteiger partial charge in [0.1, 0.15) is 5.82 Å². The van der Waals surface area contributed by atoms with Gasteiger partial charge in [-0.05, 0) is 43.7 Å². The quantitative estimate of drug-likeness (QED) is 0.897. The SMILES string of the molecule is CCNC(Cc1ncccc1C)c1ccc(C)cc1F. The third kappa shape index (κ3) is 3.42. The van der Waals surface area contributed by atoms with Gasteiger partial charge in [0.15, 0.2) is 0 Å². The van der Waals surface area contributed by atoms with Gasteiger partial charge in [0.25, 0.3) is 0 Å². The van der Waals surface area contributed by atoms with Gasteiger partial charge in [0.05, 0.1) is 0 Å². The van der Waals surface area contributed by atoms with Crippen LogP contribution < -0.4 is 5.32 Å². The van der Waals surface area contributed by atoms with Gasteiger partial charge in [-0.2, -0.15) is 0 Å². The van der Waals surface area contributed by atoms with Crippen LogP contribution in [-0.2, 0) is 6.42 Å². The van der Waals surface area contributed by atoms with Crippen LogP contribution in [0, 0.1) is 19.7 Å². The predicted octanol–water partition coefficient (Wildman–Crippen LogP) is 3.73. The van der Waals surface area contributed by atoms with Crippen molar-refractivity contribution in [3.05, 3.63) is 64.7 Å². The number of aryl methyl sites for hydroxylation is 2. The fourth-order valence-corrected chi connectivity index (χ4v) is 2.38. The van der Waals surface area contributed by atoms with Crippen LogP contribution >= 0.6 is 0 Å². The highest BCUT2D eigenvalue weighted by Gasteiger charge is 2.17. The molecule has 0 saturated heterocycles. The third-order valence-corrected chi connectivity index (χ3v) is 3.50. The number of aromatic nitrogens is 1. The molecule has 3 heteroatoms. The molecule has 1 unspecified atom stereocenters. The van der Waals surface area contributed by atoms with Crippen molar-refractivity contribution in [3.63, 3.8) is 0 Å². The zero-order valence-corrected chi connectivity index (χ0v) is 12.3. The van der Waals surface area contributed by atoms with E-state index in [-0.39, 0.29) is 11.9 Å². The second-order valence-corrected chi connectivity index (χ2v) is 5.11. The lowest BCUT2D eigenvalue weighted by Crippen LogP contribution is -2.24. The fraction of sp³-hybridized carbons (Fsp3) is 0.353. The smallest absolute Gasteiger partial charge is 0.128 e. The standard InChI is InChI=1S/C17H21FN2/c1-4-19-17(11-16-13(3)6-5-9-20-16)14-8-7-12(2)10-15(14)18/h5-10,17,19H,4,11H2,1-3H3. The molecule has 2 nitrogen and oxygen atoms in total. The summed E-state index contributed by atoms with van der Waals surface area (Å²) >= 11 is 0. The van der Waals surface area contributed by atoms with Gasteiger partial charge in [-0.25, -0.2) is 4.39 Å². The van der Waals surface area contributed by atoms with Gasteiger partial charge in [-0.15, -0.1) is 0 Å². The van der Waals surface area contributed by atoms with E-state index in [0.717, 1.165) is 23.4 Å². The molecular weight excluding hydrogens is 251 g/mol. The second-order valence-electron chi connectivity index (χ2n) is 5.11. The number of pyridine rings is 1. The molecular formula is C17H21FN2. The fourth-order valence-electron chi connectivity index (χ4n) is 2.38. The van der Waals surface area contributed by atoms with E-state index in [1.54, 1.807) is 12.3 Å². The number of halogens is 1. The summed E-state index contributed by atoms with van der Waals surface area (Å²) in [6, 6.07) is 9.33. The van der Waals surface area contributed by atoms with E-state index >= 15 is 0 Å². The maximum atomic E-state index is 14.2. The number of hydrogen-bond acceptors (Lipinski definition) is 2. The second kappa shape index (κ2) is 6.62. The molecule has 2 rings (SSSR count). The molecule has 0 bridgehead atoms. The predicted molar refractivity (Wildman–Crippen MR) is 80.2 cm³/mol. The topological polar surface area (TPSA) is 24.9 Å². The summed E-state index contributed by atoms with van der Waals surface area (Å²) in [5.41, 5.74) is 3.80. The normalized spacial score (nSPS) is 12.4. The molecule has 0 aliphatic heterocycles. The molecule has 1 aromatic carbocycles. The zero-order chi connectivity index (χ0) is 14.5. The molecule has 0 amide bonds. The van der Waals surface area contributed by atoms with Crippen LogP contribution in [-0.4, -0.2) is 11.5 Å². The Balaban J connectivity index is 2.29. The molecule has 1 heterocycles.